The lowest BCUT2D eigenvalue weighted by molar-refractivity contribution is -0.115. The summed E-state index contributed by atoms with van der Waals surface area (Å²) in [6.07, 6.45) is 0. The molecule has 0 aliphatic heterocycles. The van der Waals surface area contributed by atoms with E-state index in [1.54, 1.807) is 36.4 Å². The maximum absolute atomic E-state index is 12.0. The Hall–Kier alpha value is -3.28. The fraction of sp³-hybridized carbons (Fsp3) is 0.158. The first-order valence-electron chi connectivity index (χ1n) is 7.91. The predicted octanol–water partition coefficient (Wildman–Crippen LogP) is 2.62. The summed E-state index contributed by atoms with van der Waals surface area (Å²) in [5.41, 5.74) is 4.36. The van der Waals surface area contributed by atoms with Gasteiger partial charge in [0, 0.05) is 11.3 Å². The summed E-state index contributed by atoms with van der Waals surface area (Å²) in [6.45, 7) is 3.70. The number of aryl methyl sites for hydroxylation is 2. The van der Waals surface area contributed by atoms with E-state index in [0.717, 1.165) is 16.9 Å². The molecule has 3 aromatic rings. The Morgan fingerprint density at radius 3 is 2.32 bits per heavy atom. The van der Waals surface area contributed by atoms with E-state index in [2.05, 4.69) is 20.6 Å². The molecule has 6 heteroatoms. The fourth-order valence-electron chi connectivity index (χ4n) is 2.37. The van der Waals surface area contributed by atoms with Crippen LogP contribution in [0.4, 0.5) is 5.69 Å². The molecule has 2 aromatic carbocycles. The van der Waals surface area contributed by atoms with Crippen molar-refractivity contribution < 1.29 is 9.59 Å². The molecular weight excluding hydrogens is 316 g/mol. The van der Waals surface area contributed by atoms with Gasteiger partial charge in [-0.15, -0.1) is 0 Å². The minimum Gasteiger partial charge on any atom is -0.343 e. The van der Waals surface area contributed by atoms with E-state index in [1.807, 2.05) is 26.0 Å². The Labute approximate surface area is 145 Å². The van der Waals surface area contributed by atoms with Crippen LogP contribution in [0.5, 0.6) is 0 Å². The second kappa shape index (κ2) is 7.09. The second-order valence-electron chi connectivity index (χ2n) is 5.69. The fourth-order valence-corrected chi connectivity index (χ4v) is 2.37. The SMILES string of the molecule is Cc1nc2ccc(NC(=O)CNC(=O)c3ccccc3)cc2nc1C. The van der Waals surface area contributed by atoms with Crippen molar-refractivity contribution in [1.29, 1.82) is 0 Å². The topological polar surface area (TPSA) is 84.0 Å². The Morgan fingerprint density at radius 1 is 0.920 bits per heavy atom. The molecule has 0 fully saturated rings. The third-order valence-corrected chi connectivity index (χ3v) is 3.80. The van der Waals surface area contributed by atoms with E-state index >= 15 is 0 Å². The normalized spacial score (nSPS) is 10.5. The molecule has 0 aliphatic rings. The minimum atomic E-state index is -0.305. The number of nitrogens with one attached hydrogen (secondary N) is 2. The van der Waals surface area contributed by atoms with E-state index in [4.69, 9.17) is 0 Å². The molecule has 126 valence electrons. The molecule has 0 saturated heterocycles. The zero-order valence-corrected chi connectivity index (χ0v) is 14.0. The maximum Gasteiger partial charge on any atom is 0.251 e. The van der Waals surface area contributed by atoms with Gasteiger partial charge in [-0.1, -0.05) is 18.2 Å². The van der Waals surface area contributed by atoms with Crippen molar-refractivity contribution in [3.05, 3.63) is 65.5 Å². The van der Waals surface area contributed by atoms with E-state index in [1.165, 1.54) is 0 Å². The molecule has 6 nitrogen and oxygen atoms in total. The first kappa shape index (κ1) is 16.6. The van der Waals surface area contributed by atoms with Crippen LogP contribution in [0, 0.1) is 13.8 Å². The molecule has 0 bridgehead atoms. The molecule has 0 aliphatic carbocycles. The monoisotopic (exact) mass is 334 g/mol. The predicted molar refractivity (Wildman–Crippen MR) is 96.4 cm³/mol. The van der Waals surface area contributed by atoms with Gasteiger partial charge in [-0.3, -0.25) is 9.59 Å². The largest absolute Gasteiger partial charge is 0.343 e. The lowest BCUT2D eigenvalue weighted by Crippen LogP contribution is -2.32. The second-order valence-corrected chi connectivity index (χ2v) is 5.69. The van der Waals surface area contributed by atoms with E-state index < -0.39 is 0 Å². The quantitative estimate of drug-likeness (QED) is 0.768. The van der Waals surface area contributed by atoms with Crippen molar-refractivity contribution in [3.8, 4) is 0 Å². The highest BCUT2D eigenvalue weighted by molar-refractivity contribution is 5.99. The number of benzene rings is 2. The molecule has 3 rings (SSSR count). The summed E-state index contributed by atoms with van der Waals surface area (Å²) < 4.78 is 0. The number of hydrogen-bond acceptors (Lipinski definition) is 4. The zero-order valence-electron chi connectivity index (χ0n) is 14.0. The highest BCUT2D eigenvalue weighted by Gasteiger charge is 2.09. The first-order valence-corrected chi connectivity index (χ1v) is 7.91. The van der Waals surface area contributed by atoms with Crippen LogP contribution in [-0.2, 0) is 4.79 Å². The number of amides is 2. The molecular formula is C19H18N4O2. The molecule has 0 unspecified atom stereocenters. The van der Waals surface area contributed by atoms with Gasteiger partial charge in [0.05, 0.1) is 29.0 Å². The zero-order chi connectivity index (χ0) is 17.8. The smallest absolute Gasteiger partial charge is 0.251 e. The highest BCUT2D eigenvalue weighted by atomic mass is 16.2. The summed E-state index contributed by atoms with van der Waals surface area (Å²) in [5, 5.41) is 5.35. The van der Waals surface area contributed by atoms with Crippen LogP contribution in [0.3, 0.4) is 0 Å². The minimum absolute atomic E-state index is 0.107. The number of rotatable bonds is 4. The number of hydrogen-bond donors (Lipinski definition) is 2. The van der Waals surface area contributed by atoms with Crippen LogP contribution >= 0.6 is 0 Å². The lowest BCUT2D eigenvalue weighted by atomic mass is 10.2. The van der Waals surface area contributed by atoms with Gasteiger partial charge in [0.25, 0.3) is 5.91 Å². The van der Waals surface area contributed by atoms with Crippen molar-refractivity contribution in [2.45, 2.75) is 13.8 Å². The molecule has 0 atom stereocenters. The number of carbonyl (C=O) groups excluding carboxylic acids is 2. The summed E-state index contributed by atoms with van der Waals surface area (Å²) in [6, 6.07) is 14.1. The summed E-state index contributed by atoms with van der Waals surface area (Å²) in [4.78, 5) is 32.9. The molecule has 0 saturated carbocycles. The molecule has 2 N–H and O–H groups in total. The van der Waals surface area contributed by atoms with Crippen LogP contribution < -0.4 is 10.6 Å². The van der Waals surface area contributed by atoms with Gasteiger partial charge in [0.15, 0.2) is 0 Å². The number of aromatic nitrogens is 2. The number of carbonyl (C=O) groups is 2. The molecule has 0 spiro atoms. The van der Waals surface area contributed by atoms with Gasteiger partial charge < -0.3 is 10.6 Å². The highest BCUT2D eigenvalue weighted by Crippen LogP contribution is 2.17. The van der Waals surface area contributed by atoms with Gasteiger partial charge >= 0.3 is 0 Å². The van der Waals surface area contributed by atoms with Crippen molar-refractivity contribution >= 4 is 28.5 Å². The average molecular weight is 334 g/mol. The van der Waals surface area contributed by atoms with Gasteiger partial charge in [-0.05, 0) is 44.2 Å². The van der Waals surface area contributed by atoms with Gasteiger partial charge in [-0.25, -0.2) is 9.97 Å². The van der Waals surface area contributed by atoms with Gasteiger partial charge in [0.1, 0.15) is 0 Å². The van der Waals surface area contributed by atoms with Crippen LogP contribution in [0.2, 0.25) is 0 Å². The molecule has 1 heterocycles. The lowest BCUT2D eigenvalue weighted by Gasteiger charge is -2.08. The summed E-state index contributed by atoms with van der Waals surface area (Å²) in [7, 11) is 0. The Morgan fingerprint density at radius 2 is 1.60 bits per heavy atom. The third-order valence-electron chi connectivity index (χ3n) is 3.80. The van der Waals surface area contributed by atoms with Gasteiger partial charge in [-0.2, -0.15) is 0 Å². The molecule has 1 aromatic heterocycles. The summed E-state index contributed by atoms with van der Waals surface area (Å²) >= 11 is 0. The van der Waals surface area contributed by atoms with E-state index in [9.17, 15) is 9.59 Å². The average Bonchev–Trinajstić information content (AvgIpc) is 2.61. The first-order chi connectivity index (χ1) is 12.0. The third kappa shape index (κ3) is 3.98. The Kier molecular flexibility index (Phi) is 4.70. The van der Waals surface area contributed by atoms with Crippen LogP contribution in [0.1, 0.15) is 21.7 Å². The maximum atomic E-state index is 12.0. The van der Waals surface area contributed by atoms with E-state index in [-0.39, 0.29) is 18.4 Å². The number of nitrogens with zero attached hydrogens (tertiary/aromatic N) is 2. The van der Waals surface area contributed by atoms with Crippen LogP contribution in [-0.4, -0.2) is 28.3 Å². The standard InChI is InChI=1S/C19H18N4O2/c1-12-13(2)22-17-10-15(8-9-16(17)21-12)23-18(24)11-20-19(25)14-6-4-3-5-7-14/h3-10H,11H2,1-2H3,(H,20,25)(H,23,24). The van der Waals surface area contributed by atoms with Crippen LogP contribution in [0.15, 0.2) is 48.5 Å². The van der Waals surface area contributed by atoms with Crippen molar-refractivity contribution in [2.24, 2.45) is 0 Å². The number of anilines is 1. The molecule has 0 radical (unpaired) electrons. The van der Waals surface area contributed by atoms with Crippen molar-refractivity contribution in [2.75, 3.05) is 11.9 Å². The van der Waals surface area contributed by atoms with Crippen molar-refractivity contribution in [1.82, 2.24) is 15.3 Å². The van der Waals surface area contributed by atoms with Crippen molar-refractivity contribution in [3.63, 3.8) is 0 Å². The number of fused-ring (bicyclic) bond motifs is 1. The molecule has 25 heavy (non-hydrogen) atoms. The van der Waals surface area contributed by atoms with Gasteiger partial charge in [0.2, 0.25) is 5.91 Å². The Balaban J connectivity index is 1.64. The van der Waals surface area contributed by atoms with Crippen LogP contribution in [0.25, 0.3) is 11.0 Å². The van der Waals surface area contributed by atoms with E-state index in [0.29, 0.717) is 16.8 Å². The summed E-state index contributed by atoms with van der Waals surface area (Å²) in [5.74, 6) is -0.591. The Bertz CT molecular complexity index is 939. The molecule has 2 amide bonds.